The Bertz CT molecular complexity index is 463. The maximum Gasteiger partial charge on any atom is 0.428 e. The van der Waals surface area contributed by atoms with E-state index in [1.54, 1.807) is 0 Å². The third-order valence-corrected chi connectivity index (χ3v) is 3.85. The predicted octanol–water partition coefficient (Wildman–Crippen LogP) is 3.29. The molecule has 0 heterocycles. The Morgan fingerprint density at radius 3 is 1.96 bits per heavy atom. The van der Waals surface area contributed by atoms with Gasteiger partial charge in [-0.2, -0.15) is 26.3 Å². The van der Waals surface area contributed by atoms with E-state index in [2.05, 4.69) is 6.58 Å². The molecule has 1 rings (SSSR count). The van der Waals surface area contributed by atoms with Gasteiger partial charge in [0.15, 0.2) is 0 Å². The van der Waals surface area contributed by atoms with E-state index < -0.39 is 42.7 Å². The van der Waals surface area contributed by atoms with Crippen LogP contribution < -0.4 is 0 Å². The minimum absolute atomic E-state index is 0.0326. The van der Waals surface area contributed by atoms with Crippen LogP contribution in [-0.4, -0.2) is 47.8 Å². The highest BCUT2D eigenvalue weighted by atomic mass is 19.4. The third kappa shape index (κ3) is 4.41. The van der Waals surface area contributed by atoms with Crippen LogP contribution in [0.25, 0.3) is 0 Å². The first kappa shape index (κ1) is 20.8. The second-order valence-corrected chi connectivity index (χ2v) is 5.89. The molecule has 0 saturated heterocycles. The molecule has 24 heavy (non-hydrogen) atoms. The molecule has 10 heteroatoms. The second-order valence-electron chi connectivity index (χ2n) is 5.89. The standard InChI is InChI=1S/C14H18F6O4/c1-9(2)10(21)23-7-11(5-3-4-6-11)24-8-12(22,13(15,16)17)14(18,19)20/h22H,1,3-8H2,2H3. The lowest BCUT2D eigenvalue weighted by atomic mass is 10.0. The molecular formula is C14H18F6O4. The lowest BCUT2D eigenvalue weighted by Gasteiger charge is -2.36. The summed E-state index contributed by atoms with van der Waals surface area (Å²) in [7, 11) is 0. The summed E-state index contributed by atoms with van der Waals surface area (Å²) in [6.07, 6.45) is -10.7. The summed E-state index contributed by atoms with van der Waals surface area (Å²) < 4.78 is 85.7. The number of ether oxygens (including phenoxy) is 2. The first-order valence-electron chi connectivity index (χ1n) is 7.06. The fraction of sp³-hybridized carbons (Fsp3) is 0.786. The van der Waals surface area contributed by atoms with Crippen molar-refractivity contribution >= 4 is 5.97 Å². The van der Waals surface area contributed by atoms with E-state index >= 15 is 0 Å². The first-order chi connectivity index (χ1) is 10.7. The van der Waals surface area contributed by atoms with Crippen LogP contribution in [0.2, 0.25) is 0 Å². The van der Waals surface area contributed by atoms with Crippen LogP contribution in [0.5, 0.6) is 0 Å². The van der Waals surface area contributed by atoms with E-state index in [1.165, 1.54) is 6.92 Å². The number of hydrogen-bond donors (Lipinski definition) is 1. The summed E-state index contributed by atoms with van der Waals surface area (Å²) in [4.78, 5) is 11.4. The van der Waals surface area contributed by atoms with E-state index in [4.69, 9.17) is 14.6 Å². The average Bonchev–Trinajstić information content (AvgIpc) is 2.89. The molecule has 0 atom stereocenters. The van der Waals surface area contributed by atoms with Gasteiger partial charge in [-0.25, -0.2) is 4.79 Å². The van der Waals surface area contributed by atoms with E-state index in [0.29, 0.717) is 12.8 Å². The number of halogens is 6. The van der Waals surface area contributed by atoms with Gasteiger partial charge >= 0.3 is 18.3 Å². The monoisotopic (exact) mass is 364 g/mol. The lowest BCUT2D eigenvalue weighted by Crippen LogP contribution is -2.61. The fourth-order valence-corrected chi connectivity index (χ4v) is 2.25. The van der Waals surface area contributed by atoms with Crippen LogP contribution in [0.3, 0.4) is 0 Å². The summed E-state index contributed by atoms with van der Waals surface area (Å²) >= 11 is 0. The van der Waals surface area contributed by atoms with Gasteiger partial charge in [0.25, 0.3) is 5.60 Å². The van der Waals surface area contributed by atoms with Crippen molar-refractivity contribution in [3.63, 3.8) is 0 Å². The Morgan fingerprint density at radius 1 is 1.12 bits per heavy atom. The minimum Gasteiger partial charge on any atom is -0.459 e. The molecule has 4 nitrogen and oxygen atoms in total. The number of alkyl halides is 6. The highest BCUT2D eigenvalue weighted by Crippen LogP contribution is 2.45. The first-order valence-corrected chi connectivity index (χ1v) is 7.06. The number of carbonyl (C=O) groups excluding carboxylic acids is 1. The van der Waals surface area contributed by atoms with Gasteiger partial charge in [0, 0.05) is 5.57 Å². The summed E-state index contributed by atoms with van der Waals surface area (Å²) in [5.74, 6) is -0.827. The maximum atomic E-state index is 12.7. The molecule has 0 radical (unpaired) electrons. The summed E-state index contributed by atoms with van der Waals surface area (Å²) in [6, 6.07) is 0. The predicted molar refractivity (Wildman–Crippen MR) is 70.0 cm³/mol. The number of carbonyl (C=O) groups is 1. The summed E-state index contributed by atoms with van der Waals surface area (Å²) in [5, 5.41) is 9.13. The minimum atomic E-state index is -5.96. The zero-order valence-corrected chi connectivity index (χ0v) is 12.9. The van der Waals surface area contributed by atoms with Gasteiger partial charge in [0.1, 0.15) is 12.2 Å². The van der Waals surface area contributed by atoms with Crippen molar-refractivity contribution in [1.29, 1.82) is 0 Å². The highest BCUT2D eigenvalue weighted by molar-refractivity contribution is 5.86. The lowest BCUT2D eigenvalue weighted by molar-refractivity contribution is -0.383. The molecule has 1 fully saturated rings. The second kappa shape index (κ2) is 6.91. The Hall–Kier alpha value is -1.29. The molecule has 140 valence electrons. The molecule has 0 aromatic heterocycles. The Labute approximate surface area is 134 Å². The van der Waals surface area contributed by atoms with Gasteiger partial charge in [-0.05, 0) is 19.8 Å². The van der Waals surface area contributed by atoms with Crippen LogP contribution in [0.1, 0.15) is 32.6 Å². The molecule has 1 saturated carbocycles. The number of rotatable bonds is 6. The molecule has 1 aliphatic rings. The summed E-state index contributed by atoms with van der Waals surface area (Å²) in [6.45, 7) is 2.13. The highest BCUT2D eigenvalue weighted by Gasteiger charge is 2.71. The largest absolute Gasteiger partial charge is 0.459 e. The number of aliphatic hydroxyl groups is 1. The van der Waals surface area contributed by atoms with Gasteiger partial charge in [0.2, 0.25) is 0 Å². The molecule has 0 amide bonds. The topological polar surface area (TPSA) is 55.8 Å². The van der Waals surface area contributed by atoms with Gasteiger partial charge in [-0.1, -0.05) is 19.4 Å². The molecule has 0 unspecified atom stereocenters. The van der Waals surface area contributed by atoms with E-state index in [1.807, 2.05) is 0 Å². The molecule has 0 aromatic carbocycles. The van der Waals surface area contributed by atoms with Crippen LogP contribution in [0.4, 0.5) is 26.3 Å². The van der Waals surface area contributed by atoms with Crippen LogP contribution in [-0.2, 0) is 14.3 Å². The van der Waals surface area contributed by atoms with Crippen molar-refractivity contribution in [3.05, 3.63) is 12.2 Å². The van der Waals surface area contributed by atoms with Crippen LogP contribution in [0.15, 0.2) is 12.2 Å². The fourth-order valence-electron chi connectivity index (χ4n) is 2.25. The molecule has 0 aromatic rings. The van der Waals surface area contributed by atoms with Crippen molar-refractivity contribution in [2.24, 2.45) is 0 Å². The molecule has 0 spiro atoms. The van der Waals surface area contributed by atoms with E-state index in [9.17, 15) is 31.1 Å². The quantitative estimate of drug-likeness (QED) is 0.446. The van der Waals surface area contributed by atoms with Gasteiger partial charge in [-0.3, -0.25) is 0 Å². The molecule has 0 aliphatic heterocycles. The van der Waals surface area contributed by atoms with Crippen molar-refractivity contribution in [2.75, 3.05) is 13.2 Å². The Balaban J connectivity index is 2.88. The molecule has 1 aliphatic carbocycles. The zero-order chi connectivity index (χ0) is 18.8. The van der Waals surface area contributed by atoms with Crippen LogP contribution >= 0.6 is 0 Å². The molecule has 0 bridgehead atoms. The van der Waals surface area contributed by atoms with Crippen molar-refractivity contribution in [3.8, 4) is 0 Å². The number of esters is 1. The third-order valence-electron chi connectivity index (χ3n) is 3.85. The van der Waals surface area contributed by atoms with Gasteiger partial charge in [-0.15, -0.1) is 0 Å². The average molecular weight is 364 g/mol. The van der Waals surface area contributed by atoms with E-state index in [0.717, 1.165) is 0 Å². The zero-order valence-electron chi connectivity index (χ0n) is 12.9. The van der Waals surface area contributed by atoms with Crippen LogP contribution in [0, 0.1) is 0 Å². The smallest absolute Gasteiger partial charge is 0.428 e. The molecule has 1 N–H and O–H groups in total. The molecular weight excluding hydrogens is 346 g/mol. The summed E-state index contributed by atoms with van der Waals surface area (Å²) in [5.41, 5.74) is -6.45. The Morgan fingerprint density at radius 2 is 1.58 bits per heavy atom. The van der Waals surface area contributed by atoms with Crippen molar-refractivity contribution < 1.29 is 45.7 Å². The normalized spacial score (nSPS) is 18.5. The Kier molecular flexibility index (Phi) is 5.98. The number of hydrogen-bond acceptors (Lipinski definition) is 4. The van der Waals surface area contributed by atoms with E-state index in [-0.39, 0.29) is 18.4 Å². The van der Waals surface area contributed by atoms with Crippen molar-refractivity contribution in [2.45, 2.75) is 56.2 Å². The van der Waals surface area contributed by atoms with Crippen molar-refractivity contribution in [1.82, 2.24) is 0 Å². The SMILES string of the molecule is C=C(C)C(=O)OCC1(OCC(O)(C(F)(F)F)C(F)(F)F)CCCC1. The van der Waals surface area contributed by atoms with Gasteiger partial charge < -0.3 is 14.6 Å². The maximum absolute atomic E-state index is 12.7. The van der Waals surface area contributed by atoms with Gasteiger partial charge in [0.05, 0.1) is 6.61 Å².